The van der Waals surface area contributed by atoms with Crippen LogP contribution in [0.15, 0.2) is 24.3 Å². The zero-order valence-electron chi connectivity index (χ0n) is 12.5. The van der Waals surface area contributed by atoms with Crippen molar-refractivity contribution < 1.29 is 18.3 Å². The van der Waals surface area contributed by atoms with Crippen LogP contribution in [0.2, 0.25) is 0 Å². The Morgan fingerprint density at radius 1 is 1.23 bits per heavy atom. The summed E-state index contributed by atoms with van der Waals surface area (Å²) >= 11 is 0. The molecule has 1 aromatic carbocycles. The molecule has 2 saturated heterocycles. The second kappa shape index (κ2) is 6.89. The average Bonchev–Trinajstić information content (AvgIpc) is 2.86. The standard InChI is InChI=1S/C16H22F2N2O2/c17-16(18)11-21-10-15(16)20-9-12-1-3-13(4-2-12)22-14-5-7-19-8-6-14/h1-4,14-15,19-20H,5-11H2. The molecule has 3 rings (SSSR count). The number of benzene rings is 1. The molecule has 0 radical (unpaired) electrons. The van der Waals surface area contributed by atoms with E-state index in [0.717, 1.165) is 37.2 Å². The van der Waals surface area contributed by atoms with E-state index in [1.807, 2.05) is 24.3 Å². The van der Waals surface area contributed by atoms with Crippen LogP contribution in [0.25, 0.3) is 0 Å². The first-order chi connectivity index (χ1) is 10.6. The largest absolute Gasteiger partial charge is 0.490 e. The fourth-order valence-corrected chi connectivity index (χ4v) is 2.78. The average molecular weight is 312 g/mol. The molecule has 4 nitrogen and oxygen atoms in total. The number of alkyl halides is 2. The molecule has 0 spiro atoms. The van der Waals surface area contributed by atoms with Gasteiger partial charge in [0, 0.05) is 6.54 Å². The van der Waals surface area contributed by atoms with Gasteiger partial charge < -0.3 is 20.1 Å². The predicted octanol–water partition coefficient (Wildman–Crippen LogP) is 1.94. The highest BCUT2D eigenvalue weighted by molar-refractivity contribution is 5.27. The van der Waals surface area contributed by atoms with E-state index in [-0.39, 0.29) is 12.7 Å². The zero-order chi connectivity index (χ0) is 15.4. The van der Waals surface area contributed by atoms with Crippen molar-refractivity contribution in [3.05, 3.63) is 29.8 Å². The molecule has 2 heterocycles. The van der Waals surface area contributed by atoms with E-state index in [0.29, 0.717) is 6.54 Å². The van der Waals surface area contributed by atoms with E-state index in [2.05, 4.69) is 10.6 Å². The normalized spacial score (nSPS) is 25.3. The number of hydrogen-bond donors (Lipinski definition) is 2. The van der Waals surface area contributed by atoms with E-state index in [4.69, 9.17) is 9.47 Å². The maximum absolute atomic E-state index is 13.4. The third kappa shape index (κ3) is 3.94. The highest BCUT2D eigenvalue weighted by atomic mass is 19.3. The van der Waals surface area contributed by atoms with Crippen molar-refractivity contribution in [3.8, 4) is 5.75 Å². The van der Waals surface area contributed by atoms with Gasteiger partial charge in [-0.1, -0.05) is 12.1 Å². The zero-order valence-corrected chi connectivity index (χ0v) is 12.5. The lowest BCUT2D eigenvalue weighted by molar-refractivity contribution is -0.0240. The lowest BCUT2D eigenvalue weighted by atomic mass is 10.1. The monoisotopic (exact) mass is 312 g/mol. The summed E-state index contributed by atoms with van der Waals surface area (Å²) in [6, 6.07) is 6.73. The summed E-state index contributed by atoms with van der Waals surface area (Å²) in [5.41, 5.74) is 0.959. The van der Waals surface area contributed by atoms with E-state index in [1.54, 1.807) is 0 Å². The van der Waals surface area contributed by atoms with Gasteiger partial charge in [-0.25, -0.2) is 8.78 Å². The molecule has 0 amide bonds. The van der Waals surface area contributed by atoms with Crippen molar-refractivity contribution in [2.24, 2.45) is 0 Å². The quantitative estimate of drug-likeness (QED) is 0.872. The topological polar surface area (TPSA) is 42.5 Å². The highest BCUT2D eigenvalue weighted by Gasteiger charge is 2.44. The maximum Gasteiger partial charge on any atom is 0.288 e. The molecule has 22 heavy (non-hydrogen) atoms. The van der Waals surface area contributed by atoms with E-state index < -0.39 is 18.6 Å². The molecule has 1 aromatic rings. The number of nitrogens with one attached hydrogen (secondary N) is 2. The number of hydrogen-bond acceptors (Lipinski definition) is 4. The van der Waals surface area contributed by atoms with Crippen LogP contribution < -0.4 is 15.4 Å². The van der Waals surface area contributed by atoms with E-state index in [1.165, 1.54) is 0 Å². The highest BCUT2D eigenvalue weighted by Crippen LogP contribution is 2.25. The van der Waals surface area contributed by atoms with Gasteiger partial charge >= 0.3 is 0 Å². The van der Waals surface area contributed by atoms with E-state index >= 15 is 0 Å². The molecule has 1 unspecified atom stereocenters. The summed E-state index contributed by atoms with van der Waals surface area (Å²) in [5.74, 6) is -1.94. The molecular formula is C16H22F2N2O2. The summed E-state index contributed by atoms with van der Waals surface area (Å²) in [5, 5.41) is 6.16. The Morgan fingerprint density at radius 2 is 1.95 bits per heavy atom. The Morgan fingerprint density at radius 3 is 2.59 bits per heavy atom. The first-order valence-corrected chi connectivity index (χ1v) is 7.79. The molecule has 0 bridgehead atoms. The molecular weight excluding hydrogens is 290 g/mol. The molecule has 6 heteroatoms. The minimum Gasteiger partial charge on any atom is -0.490 e. The summed E-state index contributed by atoms with van der Waals surface area (Å²) in [7, 11) is 0. The molecule has 0 aromatic heterocycles. The van der Waals surface area contributed by atoms with Crippen molar-refractivity contribution >= 4 is 0 Å². The van der Waals surface area contributed by atoms with Crippen molar-refractivity contribution in [2.45, 2.75) is 37.5 Å². The van der Waals surface area contributed by atoms with Crippen molar-refractivity contribution in [2.75, 3.05) is 26.3 Å². The fraction of sp³-hybridized carbons (Fsp3) is 0.625. The third-order valence-electron chi connectivity index (χ3n) is 4.15. The van der Waals surface area contributed by atoms with Crippen LogP contribution in [0.1, 0.15) is 18.4 Å². The van der Waals surface area contributed by atoms with Gasteiger partial charge in [-0.15, -0.1) is 0 Å². The Kier molecular flexibility index (Phi) is 4.90. The van der Waals surface area contributed by atoms with Crippen LogP contribution in [0, 0.1) is 0 Å². The molecule has 0 aliphatic carbocycles. The Hall–Kier alpha value is -1.24. The van der Waals surface area contributed by atoms with Crippen molar-refractivity contribution in [1.82, 2.24) is 10.6 Å². The van der Waals surface area contributed by atoms with Crippen molar-refractivity contribution in [1.29, 1.82) is 0 Å². The lowest BCUT2D eigenvalue weighted by Crippen LogP contribution is -2.43. The van der Waals surface area contributed by atoms with Gasteiger partial charge in [-0.3, -0.25) is 0 Å². The number of rotatable bonds is 5. The summed E-state index contributed by atoms with van der Waals surface area (Å²) in [6.07, 6.45) is 2.29. The van der Waals surface area contributed by atoms with Gasteiger partial charge in [0.2, 0.25) is 0 Å². The van der Waals surface area contributed by atoms with Crippen LogP contribution in [0.5, 0.6) is 5.75 Å². The summed E-state index contributed by atoms with van der Waals surface area (Å²) in [6.45, 7) is 1.95. The lowest BCUT2D eigenvalue weighted by Gasteiger charge is -2.24. The van der Waals surface area contributed by atoms with Gasteiger partial charge in [-0.05, 0) is 43.6 Å². The van der Waals surface area contributed by atoms with Crippen LogP contribution in [-0.4, -0.2) is 44.4 Å². The smallest absolute Gasteiger partial charge is 0.288 e. The molecule has 2 N–H and O–H groups in total. The minimum absolute atomic E-state index is 0.0594. The van der Waals surface area contributed by atoms with Crippen molar-refractivity contribution in [3.63, 3.8) is 0 Å². The Bertz CT molecular complexity index is 476. The van der Waals surface area contributed by atoms with Gasteiger partial charge in [0.25, 0.3) is 5.92 Å². The first-order valence-electron chi connectivity index (χ1n) is 7.79. The summed E-state index contributed by atoms with van der Waals surface area (Å²) in [4.78, 5) is 0. The molecule has 122 valence electrons. The van der Waals surface area contributed by atoms with Gasteiger partial charge in [-0.2, -0.15) is 0 Å². The second-order valence-corrected chi connectivity index (χ2v) is 5.92. The van der Waals surface area contributed by atoms with Gasteiger partial charge in [0.1, 0.15) is 18.5 Å². The Labute approximate surface area is 129 Å². The van der Waals surface area contributed by atoms with Crippen LogP contribution in [-0.2, 0) is 11.3 Å². The second-order valence-electron chi connectivity index (χ2n) is 5.92. The van der Waals surface area contributed by atoms with Crippen LogP contribution in [0.3, 0.4) is 0 Å². The van der Waals surface area contributed by atoms with Crippen LogP contribution >= 0.6 is 0 Å². The number of piperidine rings is 1. The fourth-order valence-electron chi connectivity index (χ4n) is 2.78. The van der Waals surface area contributed by atoms with Gasteiger partial charge in [0.15, 0.2) is 0 Å². The molecule has 2 aliphatic heterocycles. The van der Waals surface area contributed by atoms with Gasteiger partial charge in [0.05, 0.1) is 12.6 Å². The molecule has 2 fully saturated rings. The summed E-state index contributed by atoms with van der Waals surface area (Å²) < 4.78 is 37.6. The number of halogens is 2. The third-order valence-corrected chi connectivity index (χ3v) is 4.15. The minimum atomic E-state index is -2.78. The number of ether oxygens (including phenoxy) is 2. The molecule has 1 atom stereocenters. The molecule has 0 saturated carbocycles. The maximum atomic E-state index is 13.4. The van der Waals surface area contributed by atoms with Crippen LogP contribution in [0.4, 0.5) is 8.78 Å². The SMILES string of the molecule is FC1(F)COCC1NCc1ccc(OC2CCNCC2)cc1. The Balaban J connectivity index is 1.49. The molecule has 2 aliphatic rings. The first kappa shape index (κ1) is 15.6. The predicted molar refractivity (Wildman–Crippen MR) is 79.4 cm³/mol. The van der Waals surface area contributed by atoms with E-state index in [9.17, 15) is 8.78 Å².